The van der Waals surface area contributed by atoms with Crippen molar-refractivity contribution in [2.75, 3.05) is 19.7 Å². The van der Waals surface area contributed by atoms with Crippen molar-refractivity contribution >= 4 is 6.09 Å². The van der Waals surface area contributed by atoms with Crippen LogP contribution in [-0.4, -0.2) is 47.2 Å². The number of amides is 1. The zero-order valence-corrected chi connectivity index (χ0v) is 9.74. The average Bonchev–Trinajstić information content (AvgIpc) is 1.96. The zero-order valence-electron chi connectivity index (χ0n) is 9.74. The van der Waals surface area contributed by atoms with E-state index in [1.54, 1.807) is 27.7 Å². The van der Waals surface area contributed by atoms with Gasteiger partial charge in [0.15, 0.2) is 0 Å². The standard InChI is InChI=1S/C10H19NO4/c1-5-14-10(13)6-11(7-10)8(12)15-9(2,3)4/h13H,5-7H2,1-4H3. The topological polar surface area (TPSA) is 59.0 Å². The summed E-state index contributed by atoms with van der Waals surface area (Å²) in [6.07, 6.45) is -0.410. The van der Waals surface area contributed by atoms with Crippen molar-refractivity contribution in [3.63, 3.8) is 0 Å². The number of β-amino-alcohol motifs (C(OH)–C–C–N with tert-alkyl or cyclic N) is 1. The van der Waals surface area contributed by atoms with E-state index in [1.807, 2.05) is 0 Å². The summed E-state index contributed by atoms with van der Waals surface area (Å²) in [6.45, 7) is 8.00. The van der Waals surface area contributed by atoms with Gasteiger partial charge in [-0.15, -0.1) is 0 Å². The molecule has 0 radical (unpaired) electrons. The second kappa shape index (κ2) is 3.98. The predicted octanol–water partition coefficient (Wildman–Crippen LogP) is 0.962. The lowest BCUT2D eigenvalue weighted by Gasteiger charge is -2.45. The van der Waals surface area contributed by atoms with Crippen LogP contribution in [0.15, 0.2) is 0 Å². The van der Waals surface area contributed by atoms with Crippen molar-refractivity contribution in [3.05, 3.63) is 0 Å². The van der Waals surface area contributed by atoms with Gasteiger partial charge >= 0.3 is 6.09 Å². The van der Waals surface area contributed by atoms with Gasteiger partial charge in [0.05, 0.1) is 13.1 Å². The monoisotopic (exact) mass is 217 g/mol. The van der Waals surface area contributed by atoms with Gasteiger partial charge in [0, 0.05) is 6.61 Å². The number of rotatable bonds is 2. The summed E-state index contributed by atoms with van der Waals surface area (Å²) in [6, 6.07) is 0. The maximum Gasteiger partial charge on any atom is 0.410 e. The molecule has 5 heteroatoms. The molecule has 0 atom stereocenters. The largest absolute Gasteiger partial charge is 0.444 e. The molecule has 0 aromatic rings. The Kier molecular flexibility index (Phi) is 3.25. The van der Waals surface area contributed by atoms with E-state index in [1.165, 1.54) is 4.90 Å². The van der Waals surface area contributed by atoms with Crippen molar-refractivity contribution in [1.29, 1.82) is 0 Å². The van der Waals surface area contributed by atoms with Crippen LogP contribution in [-0.2, 0) is 9.47 Å². The maximum absolute atomic E-state index is 11.5. The van der Waals surface area contributed by atoms with Gasteiger partial charge in [-0.3, -0.25) is 4.90 Å². The SMILES string of the molecule is CCOC1(O)CN(C(=O)OC(C)(C)C)C1. The van der Waals surface area contributed by atoms with Crippen molar-refractivity contribution in [3.8, 4) is 0 Å². The van der Waals surface area contributed by atoms with E-state index in [-0.39, 0.29) is 13.1 Å². The maximum atomic E-state index is 11.5. The molecule has 0 bridgehead atoms. The molecule has 0 unspecified atom stereocenters. The summed E-state index contributed by atoms with van der Waals surface area (Å²) in [7, 11) is 0. The fraction of sp³-hybridized carbons (Fsp3) is 0.900. The number of nitrogens with zero attached hydrogens (tertiary/aromatic N) is 1. The first-order valence-corrected chi connectivity index (χ1v) is 5.10. The summed E-state index contributed by atoms with van der Waals surface area (Å²) < 4.78 is 10.2. The van der Waals surface area contributed by atoms with Gasteiger partial charge in [-0.2, -0.15) is 0 Å². The Morgan fingerprint density at radius 3 is 2.40 bits per heavy atom. The van der Waals surface area contributed by atoms with Crippen molar-refractivity contribution in [1.82, 2.24) is 4.90 Å². The van der Waals surface area contributed by atoms with Crippen LogP contribution in [0.2, 0.25) is 0 Å². The van der Waals surface area contributed by atoms with Gasteiger partial charge in [0.25, 0.3) is 0 Å². The molecule has 0 aliphatic carbocycles. The van der Waals surface area contributed by atoms with E-state index < -0.39 is 17.5 Å². The molecule has 1 rings (SSSR count). The third-order valence-electron chi connectivity index (χ3n) is 1.94. The molecule has 0 spiro atoms. The summed E-state index contributed by atoms with van der Waals surface area (Å²) in [5.41, 5.74) is -0.504. The van der Waals surface area contributed by atoms with Crippen LogP contribution in [0.3, 0.4) is 0 Å². The van der Waals surface area contributed by atoms with Gasteiger partial charge in [-0.25, -0.2) is 4.79 Å². The first-order valence-electron chi connectivity index (χ1n) is 5.10. The Morgan fingerprint density at radius 1 is 1.47 bits per heavy atom. The zero-order chi connectivity index (χ0) is 11.7. The molecule has 88 valence electrons. The van der Waals surface area contributed by atoms with Gasteiger partial charge in [0.2, 0.25) is 5.79 Å². The lowest BCUT2D eigenvalue weighted by Crippen LogP contribution is -2.65. The number of carbonyl (C=O) groups is 1. The lowest BCUT2D eigenvalue weighted by molar-refractivity contribution is -0.263. The first-order chi connectivity index (χ1) is 6.76. The van der Waals surface area contributed by atoms with E-state index in [9.17, 15) is 9.90 Å². The molecule has 0 saturated carbocycles. The van der Waals surface area contributed by atoms with E-state index >= 15 is 0 Å². The highest BCUT2D eigenvalue weighted by Gasteiger charge is 2.46. The highest BCUT2D eigenvalue weighted by Crippen LogP contribution is 2.24. The fourth-order valence-electron chi connectivity index (χ4n) is 1.37. The van der Waals surface area contributed by atoms with Crippen LogP contribution in [0.1, 0.15) is 27.7 Å². The molecule has 0 aromatic carbocycles. The molecule has 5 nitrogen and oxygen atoms in total. The van der Waals surface area contributed by atoms with Crippen LogP contribution >= 0.6 is 0 Å². The first kappa shape index (κ1) is 12.3. The van der Waals surface area contributed by atoms with Gasteiger partial charge in [0.1, 0.15) is 5.60 Å². The number of ether oxygens (including phenoxy) is 2. The Morgan fingerprint density at radius 2 is 2.00 bits per heavy atom. The predicted molar refractivity (Wildman–Crippen MR) is 54.4 cm³/mol. The minimum absolute atomic E-state index is 0.176. The normalized spacial score (nSPS) is 19.7. The number of aliphatic hydroxyl groups is 1. The minimum Gasteiger partial charge on any atom is -0.444 e. The second-order valence-electron chi connectivity index (χ2n) is 4.72. The van der Waals surface area contributed by atoms with Gasteiger partial charge in [-0.05, 0) is 27.7 Å². The fourth-order valence-corrected chi connectivity index (χ4v) is 1.37. The van der Waals surface area contributed by atoms with Crippen LogP contribution in [0.25, 0.3) is 0 Å². The third kappa shape index (κ3) is 3.35. The van der Waals surface area contributed by atoms with Crippen molar-refractivity contribution < 1.29 is 19.4 Å². The summed E-state index contributed by atoms with van der Waals surface area (Å²) in [4.78, 5) is 12.9. The molecule has 1 N–H and O–H groups in total. The molecular formula is C10H19NO4. The molecule has 1 amide bonds. The molecule has 1 saturated heterocycles. The third-order valence-corrected chi connectivity index (χ3v) is 1.94. The van der Waals surface area contributed by atoms with Crippen molar-refractivity contribution in [2.45, 2.75) is 39.1 Å². The number of hydrogen-bond donors (Lipinski definition) is 1. The number of carbonyl (C=O) groups excluding carboxylic acids is 1. The Bertz CT molecular complexity index is 240. The Labute approximate surface area is 90.0 Å². The van der Waals surface area contributed by atoms with Crippen LogP contribution in [0, 0.1) is 0 Å². The Hall–Kier alpha value is -0.810. The van der Waals surface area contributed by atoms with E-state index in [0.717, 1.165) is 0 Å². The molecular weight excluding hydrogens is 198 g/mol. The highest BCUT2D eigenvalue weighted by atomic mass is 16.6. The lowest BCUT2D eigenvalue weighted by atomic mass is 10.1. The Balaban J connectivity index is 2.35. The molecule has 0 aromatic heterocycles. The summed E-state index contributed by atoms with van der Waals surface area (Å²) >= 11 is 0. The molecule has 1 heterocycles. The van der Waals surface area contributed by atoms with Gasteiger partial charge < -0.3 is 14.6 Å². The smallest absolute Gasteiger partial charge is 0.410 e. The van der Waals surface area contributed by atoms with Crippen molar-refractivity contribution in [2.24, 2.45) is 0 Å². The summed E-state index contributed by atoms with van der Waals surface area (Å²) in [5, 5.41) is 9.66. The molecule has 1 aliphatic rings. The molecule has 1 aliphatic heterocycles. The van der Waals surface area contributed by atoms with E-state index in [4.69, 9.17) is 9.47 Å². The van der Waals surface area contributed by atoms with Gasteiger partial charge in [-0.1, -0.05) is 0 Å². The highest BCUT2D eigenvalue weighted by molar-refractivity contribution is 5.69. The number of likely N-dealkylation sites (tertiary alicyclic amines) is 1. The second-order valence-corrected chi connectivity index (χ2v) is 4.72. The summed E-state index contributed by atoms with van der Waals surface area (Å²) in [5.74, 6) is -1.17. The van der Waals surface area contributed by atoms with E-state index in [0.29, 0.717) is 6.61 Å². The molecule has 15 heavy (non-hydrogen) atoms. The quantitative estimate of drug-likeness (QED) is 0.700. The van der Waals surface area contributed by atoms with Crippen LogP contribution < -0.4 is 0 Å². The minimum atomic E-state index is -1.17. The molecule has 1 fully saturated rings. The van der Waals surface area contributed by atoms with Crippen LogP contribution in [0.4, 0.5) is 4.79 Å². The van der Waals surface area contributed by atoms with Crippen LogP contribution in [0.5, 0.6) is 0 Å². The number of hydrogen-bond acceptors (Lipinski definition) is 4. The average molecular weight is 217 g/mol. The van der Waals surface area contributed by atoms with E-state index in [2.05, 4.69) is 0 Å².